The molecule has 7 heteroatoms. The highest BCUT2D eigenvalue weighted by Crippen LogP contribution is 2.41. The molecule has 30 heavy (non-hydrogen) atoms. The van der Waals surface area contributed by atoms with Crippen LogP contribution in [0, 0.1) is 0 Å². The molecule has 0 spiro atoms. The van der Waals surface area contributed by atoms with Crippen LogP contribution in [-0.2, 0) is 9.59 Å². The molecule has 1 atom stereocenters. The highest BCUT2D eigenvalue weighted by atomic mass is 16.2. The van der Waals surface area contributed by atoms with Crippen LogP contribution in [0.4, 0.5) is 0 Å². The first kappa shape index (κ1) is 18.9. The van der Waals surface area contributed by atoms with Crippen molar-refractivity contribution in [3.8, 4) is 0 Å². The van der Waals surface area contributed by atoms with Crippen LogP contribution >= 0.6 is 0 Å². The van der Waals surface area contributed by atoms with Crippen molar-refractivity contribution in [2.45, 2.75) is 43.8 Å². The number of carbonyl (C=O) groups excluding carboxylic acids is 3. The Hall–Kier alpha value is -3.09. The molecular formula is C23H26N4O3. The molecule has 1 aliphatic carbocycles. The van der Waals surface area contributed by atoms with Crippen LogP contribution in [0.1, 0.15) is 53.7 Å². The van der Waals surface area contributed by atoms with E-state index in [1.54, 1.807) is 11.0 Å². The van der Waals surface area contributed by atoms with Gasteiger partial charge in [-0.1, -0.05) is 18.2 Å². The zero-order valence-corrected chi connectivity index (χ0v) is 16.9. The second kappa shape index (κ2) is 7.63. The first-order chi connectivity index (χ1) is 14.6. The zero-order valence-electron chi connectivity index (χ0n) is 16.9. The van der Waals surface area contributed by atoms with Crippen LogP contribution in [-0.4, -0.2) is 57.8 Å². The molecule has 2 aliphatic heterocycles. The van der Waals surface area contributed by atoms with Gasteiger partial charge in [0.15, 0.2) is 0 Å². The number of aromatic nitrogens is 1. The zero-order chi connectivity index (χ0) is 20.7. The van der Waals surface area contributed by atoms with Gasteiger partial charge in [-0.3, -0.25) is 14.4 Å². The van der Waals surface area contributed by atoms with Gasteiger partial charge in [0.05, 0.1) is 6.54 Å². The Bertz CT molecular complexity index is 959. The Morgan fingerprint density at radius 3 is 2.33 bits per heavy atom. The predicted octanol–water partition coefficient (Wildman–Crippen LogP) is 2.13. The quantitative estimate of drug-likeness (QED) is 0.827. The third kappa shape index (κ3) is 3.38. The molecule has 1 unspecified atom stereocenters. The summed E-state index contributed by atoms with van der Waals surface area (Å²) in [6.45, 7) is 1.35. The minimum atomic E-state index is -0.631. The van der Waals surface area contributed by atoms with Crippen LogP contribution < -0.4 is 5.32 Å². The van der Waals surface area contributed by atoms with E-state index in [9.17, 15) is 14.4 Å². The van der Waals surface area contributed by atoms with Crippen molar-refractivity contribution < 1.29 is 14.4 Å². The molecule has 5 rings (SSSR count). The summed E-state index contributed by atoms with van der Waals surface area (Å²) in [5, 5.41) is 2.81. The van der Waals surface area contributed by atoms with Gasteiger partial charge in [0, 0.05) is 43.1 Å². The SMILES string of the molecule is O=C(NCC(=O)N1CCC(n2cccc2)CC1)C1c2ccccc2C(=O)N1C1CC1. The summed E-state index contributed by atoms with van der Waals surface area (Å²) in [6.07, 6.45) is 7.81. The normalized spacial score (nSPS) is 21.6. The number of benzene rings is 1. The van der Waals surface area contributed by atoms with Crippen molar-refractivity contribution in [1.29, 1.82) is 0 Å². The van der Waals surface area contributed by atoms with Crippen LogP contribution in [0.5, 0.6) is 0 Å². The van der Waals surface area contributed by atoms with Crippen molar-refractivity contribution in [3.05, 3.63) is 59.9 Å². The molecule has 1 saturated carbocycles. The summed E-state index contributed by atoms with van der Waals surface area (Å²) in [6, 6.07) is 11.2. The summed E-state index contributed by atoms with van der Waals surface area (Å²) < 4.78 is 2.20. The smallest absolute Gasteiger partial charge is 0.255 e. The molecule has 1 saturated heterocycles. The van der Waals surface area contributed by atoms with E-state index in [1.807, 2.05) is 35.2 Å². The van der Waals surface area contributed by atoms with Crippen LogP contribution in [0.2, 0.25) is 0 Å². The van der Waals surface area contributed by atoms with Gasteiger partial charge in [-0.05, 0) is 49.4 Å². The lowest BCUT2D eigenvalue weighted by Gasteiger charge is -2.33. The van der Waals surface area contributed by atoms with Crippen LogP contribution in [0.25, 0.3) is 0 Å². The second-order valence-corrected chi connectivity index (χ2v) is 8.39. The number of carbonyl (C=O) groups is 3. The Kier molecular flexibility index (Phi) is 4.81. The lowest BCUT2D eigenvalue weighted by atomic mass is 10.0. The van der Waals surface area contributed by atoms with Gasteiger partial charge in [-0.2, -0.15) is 0 Å². The number of amides is 3. The van der Waals surface area contributed by atoms with Crippen molar-refractivity contribution >= 4 is 17.7 Å². The van der Waals surface area contributed by atoms with E-state index >= 15 is 0 Å². The van der Waals surface area contributed by atoms with Crippen molar-refractivity contribution in [1.82, 2.24) is 19.7 Å². The summed E-state index contributed by atoms with van der Waals surface area (Å²) in [5.41, 5.74) is 1.34. The van der Waals surface area contributed by atoms with Crippen molar-refractivity contribution in [3.63, 3.8) is 0 Å². The van der Waals surface area contributed by atoms with Gasteiger partial charge in [-0.25, -0.2) is 0 Å². The lowest BCUT2D eigenvalue weighted by Crippen LogP contribution is -2.47. The fourth-order valence-electron chi connectivity index (χ4n) is 4.71. The molecule has 2 aromatic rings. The first-order valence-electron chi connectivity index (χ1n) is 10.7. The topological polar surface area (TPSA) is 74.6 Å². The number of fused-ring (bicyclic) bond motifs is 1. The van der Waals surface area contributed by atoms with E-state index in [4.69, 9.17) is 0 Å². The summed E-state index contributed by atoms with van der Waals surface area (Å²) in [5.74, 6) is -0.410. The number of hydrogen-bond donors (Lipinski definition) is 1. The van der Waals surface area contributed by atoms with Gasteiger partial charge >= 0.3 is 0 Å². The molecular weight excluding hydrogens is 380 g/mol. The number of nitrogens with zero attached hydrogens (tertiary/aromatic N) is 3. The summed E-state index contributed by atoms with van der Waals surface area (Å²) in [4.78, 5) is 42.0. The van der Waals surface area contributed by atoms with Gasteiger partial charge in [0.25, 0.3) is 5.91 Å². The average Bonchev–Trinajstić information content (AvgIpc) is 3.37. The van der Waals surface area contributed by atoms with E-state index in [-0.39, 0.29) is 30.3 Å². The van der Waals surface area contributed by atoms with E-state index in [0.29, 0.717) is 24.7 Å². The first-order valence-corrected chi connectivity index (χ1v) is 10.7. The number of piperidine rings is 1. The molecule has 1 N–H and O–H groups in total. The molecule has 1 aromatic heterocycles. The second-order valence-electron chi connectivity index (χ2n) is 8.39. The molecule has 2 fully saturated rings. The maximum Gasteiger partial charge on any atom is 0.255 e. The number of hydrogen-bond acceptors (Lipinski definition) is 3. The number of likely N-dealkylation sites (tertiary alicyclic amines) is 1. The van der Waals surface area contributed by atoms with E-state index in [0.717, 1.165) is 31.2 Å². The van der Waals surface area contributed by atoms with Crippen LogP contribution in [0.3, 0.4) is 0 Å². The molecule has 3 aliphatic rings. The fourth-order valence-corrected chi connectivity index (χ4v) is 4.71. The largest absolute Gasteiger partial charge is 0.351 e. The minimum Gasteiger partial charge on any atom is -0.351 e. The Labute approximate surface area is 175 Å². The average molecular weight is 406 g/mol. The highest BCUT2D eigenvalue weighted by molar-refractivity contribution is 6.05. The Morgan fingerprint density at radius 1 is 0.933 bits per heavy atom. The van der Waals surface area contributed by atoms with Crippen molar-refractivity contribution in [2.75, 3.05) is 19.6 Å². The molecule has 3 heterocycles. The monoisotopic (exact) mass is 406 g/mol. The van der Waals surface area contributed by atoms with Crippen molar-refractivity contribution in [2.24, 2.45) is 0 Å². The molecule has 0 bridgehead atoms. The molecule has 1 aromatic carbocycles. The third-order valence-corrected chi connectivity index (χ3v) is 6.47. The standard InChI is InChI=1S/C23H26N4O3/c28-20(26-13-9-16(10-14-26)25-11-3-4-12-25)15-24-22(29)21-18-5-1-2-6-19(18)23(30)27(21)17-7-8-17/h1-6,11-12,16-17,21H,7-10,13-15H2,(H,24,29). The van der Waals surface area contributed by atoms with E-state index < -0.39 is 6.04 Å². The van der Waals surface area contributed by atoms with Crippen LogP contribution in [0.15, 0.2) is 48.8 Å². The minimum absolute atomic E-state index is 0.0294. The predicted molar refractivity (Wildman–Crippen MR) is 111 cm³/mol. The maximum atomic E-state index is 13.0. The highest BCUT2D eigenvalue weighted by Gasteiger charge is 2.47. The molecule has 156 valence electrons. The Morgan fingerprint density at radius 2 is 1.63 bits per heavy atom. The maximum absolute atomic E-state index is 13.0. The van der Waals surface area contributed by atoms with E-state index in [2.05, 4.69) is 22.3 Å². The third-order valence-electron chi connectivity index (χ3n) is 6.47. The fraction of sp³-hybridized carbons (Fsp3) is 0.435. The van der Waals surface area contributed by atoms with Gasteiger partial charge in [-0.15, -0.1) is 0 Å². The van der Waals surface area contributed by atoms with E-state index in [1.165, 1.54) is 0 Å². The lowest BCUT2D eigenvalue weighted by molar-refractivity contribution is -0.135. The molecule has 7 nitrogen and oxygen atoms in total. The van der Waals surface area contributed by atoms with Gasteiger partial charge in [0.2, 0.25) is 11.8 Å². The number of nitrogens with one attached hydrogen (secondary N) is 1. The van der Waals surface area contributed by atoms with Gasteiger partial charge in [0.1, 0.15) is 6.04 Å². The molecule has 3 amide bonds. The summed E-state index contributed by atoms with van der Waals surface area (Å²) in [7, 11) is 0. The Balaban J connectivity index is 1.20. The van der Waals surface area contributed by atoms with Gasteiger partial charge < -0.3 is 19.7 Å². The summed E-state index contributed by atoms with van der Waals surface area (Å²) >= 11 is 0. The molecule has 0 radical (unpaired) electrons. The number of rotatable bonds is 5.